The highest BCUT2D eigenvalue weighted by Crippen LogP contribution is 2.25. The van der Waals surface area contributed by atoms with Crippen LogP contribution in [0, 0.1) is 5.92 Å². The summed E-state index contributed by atoms with van der Waals surface area (Å²) < 4.78 is 0. The summed E-state index contributed by atoms with van der Waals surface area (Å²) in [5.41, 5.74) is 1.66. The Hall–Kier alpha value is -0.760. The Morgan fingerprint density at radius 1 is 1.06 bits per heavy atom. The predicted molar refractivity (Wildman–Crippen MR) is 82.8 cm³/mol. The number of likely N-dealkylation sites (N-methyl/N-ethyl adjacent to an activating group) is 1. The topological polar surface area (TPSA) is 6.48 Å². The Morgan fingerprint density at radius 2 is 1.72 bits per heavy atom. The Labute approximate surface area is 114 Å². The highest BCUT2D eigenvalue weighted by Gasteiger charge is 2.17. The van der Waals surface area contributed by atoms with Crippen molar-refractivity contribution in [3.8, 4) is 0 Å². The van der Waals surface area contributed by atoms with Crippen molar-refractivity contribution in [3.63, 3.8) is 0 Å². The Morgan fingerprint density at radius 3 is 2.17 bits per heavy atom. The molecule has 2 nitrogen and oxygen atoms in total. The van der Waals surface area contributed by atoms with Crippen LogP contribution in [0.15, 0.2) is 23.9 Å². The van der Waals surface area contributed by atoms with Gasteiger partial charge in [0.05, 0.1) is 0 Å². The van der Waals surface area contributed by atoms with Gasteiger partial charge in [-0.05, 0) is 26.1 Å². The van der Waals surface area contributed by atoms with Crippen LogP contribution in [0.4, 0.5) is 0 Å². The standard InChI is InChI=1S/C12H20N2.2C2H6/c1-13-7-3-11(4-8-13)12-5-9-14(2)10-6-12;2*1-2/h3,5,7,11H,4,6,8-10H2,1-2H3;2*1-2H3. The van der Waals surface area contributed by atoms with Gasteiger partial charge in [0, 0.05) is 32.6 Å². The van der Waals surface area contributed by atoms with Crippen LogP contribution >= 0.6 is 0 Å². The van der Waals surface area contributed by atoms with Crippen molar-refractivity contribution >= 4 is 0 Å². The van der Waals surface area contributed by atoms with E-state index in [0.717, 1.165) is 12.5 Å². The lowest BCUT2D eigenvalue weighted by Crippen LogP contribution is -2.28. The van der Waals surface area contributed by atoms with Crippen LogP contribution in [0.2, 0.25) is 0 Å². The third kappa shape index (κ3) is 5.72. The Bertz CT molecular complexity index is 256. The summed E-state index contributed by atoms with van der Waals surface area (Å²) in [7, 11) is 4.34. The van der Waals surface area contributed by atoms with Gasteiger partial charge in [-0.1, -0.05) is 45.4 Å². The first-order valence-electron chi connectivity index (χ1n) is 7.52. The van der Waals surface area contributed by atoms with Crippen molar-refractivity contribution in [2.24, 2.45) is 5.92 Å². The first-order chi connectivity index (χ1) is 8.75. The van der Waals surface area contributed by atoms with Crippen LogP contribution < -0.4 is 0 Å². The van der Waals surface area contributed by atoms with Crippen molar-refractivity contribution in [1.29, 1.82) is 0 Å². The molecule has 1 unspecified atom stereocenters. The first-order valence-corrected chi connectivity index (χ1v) is 7.52. The normalized spacial score (nSPS) is 23.3. The minimum atomic E-state index is 0.722. The minimum Gasteiger partial charge on any atom is -0.381 e. The molecule has 0 bridgehead atoms. The maximum Gasteiger partial charge on any atom is 0.0177 e. The van der Waals surface area contributed by atoms with Gasteiger partial charge >= 0.3 is 0 Å². The van der Waals surface area contributed by atoms with E-state index >= 15 is 0 Å². The summed E-state index contributed by atoms with van der Waals surface area (Å²) in [5, 5.41) is 0. The zero-order chi connectivity index (χ0) is 14.0. The zero-order valence-corrected chi connectivity index (χ0v) is 13.2. The van der Waals surface area contributed by atoms with Gasteiger partial charge in [-0.3, -0.25) is 0 Å². The van der Waals surface area contributed by atoms with Gasteiger partial charge < -0.3 is 9.80 Å². The van der Waals surface area contributed by atoms with Gasteiger partial charge in [0.15, 0.2) is 0 Å². The van der Waals surface area contributed by atoms with Crippen molar-refractivity contribution in [2.75, 3.05) is 33.7 Å². The average Bonchev–Trinajstić information content (AvgIpc) is 2.45. The molecule has 0 saturated heterocycles. The molecule has 2 aliphatic rings. The number of hydrogen-bond acceptors (Lipinski definition) is 2. The maximum atomic E-state index is 2.42. The molecule has 2 rings (SSSR count). The van der Waals surface area contributed by atoms with Gasteiger partial charge in [-0.2, -0.15) is 0 Å². The van der Waals surface area contributed by atoms with Crippen molar-refractivity contribution in [1.82, 2.24) is 9.80 Å². The van der Waals surface area contributed by atoms with Crippen molar-refractivity contribution in [3.05, 3.63) is 23.9 Å². The third-order valence-corrected chi connectivity index (χ3v) is 3.29. The summed E-state index contributed by atoms with van der Waals surface area (Å²) in [6.07, 6.45) is 9.57. The molecule has 2 heteroatoms. The molecule has 0 aromatic heterocycles. The number of allylic oxidation sites excluding steroid dienone is 1. The second-order valence-electron chi connectivity index (χ2n) is 4.51. The fourth-order valence-corrected chi connectivity index (χ4v) is 2.20. The van der Waals surface area contributed by atoms with Crippen LogP contribution in [-0.2, 0) is 0 Å². The average molecular weight is 252 g/mol. The molecular formula is C16H32N2. The molecule has 0 N–H and O–H groups in total. The largest absolute Gasteiger partial charge is 0.381 e. The molecule has 2 aliphatic heterocycles. The molecule has 0 aromatic rings. The number of nitrogens with zero attached hydrogens (tertiary/aromatic N) is 2. The second kappa shape index (κ2) is 10.2. The van der Waals surface area contributed by atoms with Gasteiger partial charge in [-0.15, -0.1) is 0 Å². The van der Waals surface area contributed by atoms with E-state index in [2.05, 4.69) is 42.2 Å². The van der Waals surface area contributed by atoms with Crippen LogP contribution in [0.1, 0.15) is 40.5 Å². The molecule has 0 aliphatic carbocycles. The molecule has 0 amide bonds. The quantitative estimate of drug-likeness (QED) is 0.656. The van der Waals surface area contributed by atoms with Crippen molar-refractivity contribution in [2.45, 2.75) is 40.5 Å². The molecule has 0 spiro atoms. The number of rotatable bonds is 1. The van der Waals surface area contributed by atoms with E-state index in [1.165, 1.54) is 25.9 Å². The molecule has 0 radical (unpaired) electrons. The summed E-state index contributed by atoms with van der Waals surface area (Å²) in [4.78, 5) is 4.65. The molecule has 1 atom stereocenters. The molecule has 0 aromatic carbocycles. The smallest absolute Gasteiger partial charge is 0.0177 e. The molecule has 0 fully saturated rings. The van der Waals surface area contributed by atoms with Gasteiger partial charge in [0.1, 0.15) is 0 Å². The van der Waals surface area contributed by atoms with E-state index in [1.54, 1.807) is 5.57 Å². The highest BCUT2D eigenvalue weighted by atomic mass is 15.1. The van der Waals surface area contributed by atoms with E-state index in [0.29, 0.717) is 0 Å². The van der Waals surface area contributed by atoms with E-state index in [4.69, 9.17) is 0 Å². The monoisotopic (exact) mass is 252 g/mol. The Balaban J connectivity index is 0.000000659. The zero-order valence-electron chi connectivity index (χ0n) is 13.2. The fraction of sp³-hybridized carbons (Fsp3) is 0.750. The lowest BCUT2D eigenvalue weighted by molar-refractivity contribution is 0.338. The highest BCUT2D eigenvalue weighted by molar-refractivity contribution is 5.17. The van der Waals surface area contributed by atoms with E-state index in [1.807, 2.05) is 27.7 Å². The van der Waals surface area contributed by atoms with Gasteiger partial charge in [0.2, 0.25) is 0 Å². The van der Waals surface area contributed by atoms with Crippen molar-refractivity contribution < 1.29 is 0 Å². The van der Waals surface area contributed by atoms with Crippen LogP contribution in [-0.4, -0.2) is 43.5 Å². The summed E-state index contributed by atoms with van der Waals surface area (Å²) in [6.45, 7) is 11.6. The lowest BCUT2D eigenvalue weighted by Gasteiger charge is -2.30. The molecule has 2 heterocycles. The summed E-state index contributed by atoms with van der Waals surface area (Å²) in [6, 6.07) is 0. The lowest BCUT2D eigenvalue weighted by atomic mass is 9.89. The maximum absolute atomic E-state index is 2.42. The van der Waals surface area contributed by atoms with E-state index in [9.17, 15) is 0 Å². The predicted octanol–water partition coefficient (Wildman–Crippen LogP) is 3.77. The molecule has 18 heavy (non-hydrogen) atoms. The van der Waals surface area contributed by atoms with Crippen LogP contribution in [0.25, 0.3) is 0 Å². The Kier molecular flexibility index (Phi) is 9.76. The second-order valence-corrected chi connectivity index (χ2v) is 4.51. The first kappa shape index (κ1) is 17.2. The van der Waals surface area contributed by atoms with Gasteiger partial charge in [0.25, 0.3) is 0 Å². The molecule has 0 saturated carbocycles. The fourth-order valence-electron chi connectivity index (χ4n) is 2.20. The molecular weight excluding hydrogens is 220 g/mol. The van der Waals surface area contributed by atoms with Gasteiger partial charge in [-0.25, -0.2) is 0 Å². The minimum absolute atomic E-state index is 0.722. The molecule has 106 valence electrons. The van der Waals surface area contributed by atoms with Crippen LogP contribution in [0.5, 0.6) is 0 Å². The SMILES string of the molecule is CC.CC.CN1C=CC(C2=CCN(C)CC2)CC1. The number of hydrogen-bond donors (Lipinski definition) is 0. The summed E-state index contributed by atoms with van der Waals surface area (Å²) >= 11 is 0. The van der Waals surface area contributed by atoms with E-state index < -0.39 is 0 Å². The third-order valence-electron chi connectivity index (χ3n) is 3.29. The van der Waals surface area contributed by atoms with E-state index in [-0.39, 0.29) is 0 Å². The summed E-state index contributed by atoms with van der Waals surface area (Å²) in [5.74, 6) is 0.722. The van der Waals surface area contributed by atoms with Crippen LogP contribution in [0.3, 0.4) is 0 Å².